The van der Waals surface area contributed by atoms with Gasteiger partial charge in [0.05, 0.1) is 31.2 Å². The minimum atomic E-state index is 0.433. The van der Waals surface area contributed by atoms with Gasteiger partial charge in [0, 0.05) is 46.7 Å². The number of methoxy groups -OCH3 is 1. The third-order valence-corrected chi connectivity index (χ3v) is 4.48. The zero-order valence-corrected chi connectivity index (χ0v) is 15.8. The van der Waals surface area contributed by atoms with Crippen LogP contribution in [0.2, 0.25) is 0 Å². The fourth-order valence-corrected chi connectivity index (χ4v) is 3.17. The molecule has 27 heavy (non-hydrogen) atoms. The predicted molar refractivity (Wildman–Crippen MR) is 103 cm³/mol. The summed E-state index contributed by atoms with van der Waals surface area (Å²) < 4.78 is 12.6. The maximum Gasteiger partial charge on any atom is 0.237 e. The highest BCUT2D eigenvalue weighted by molar-refractivity contribution is 5.95. The standard InChI is InChI=1S/C18H23N7O2/c1-23(2)14-10-13(11-26-3)20-16-15(14)21-18(25-5-4-19-12-25)22-17(16)24-6-8-27-9-7-24/h4-5,10,12H,6-9,11H2,1-3H3. The van der Waals surface area contributed by atoms with Gasteiger partial charge >= 0.3 is 0 Å². The van der Waals surface area contributed by atoms with E-state index in [1.807, 2.05) is 35.8 Å². The third-order valence-electron chi connectivity index (χ3n) is 4.48. The molecule has 0 N–H and O–H groups in total. The molecule has 142 valence electrons. The quantitative estimate of drug-likeness (QED) is 0.665. The van der Waals surface area contributed by atoms with E-state index in [1.54, 1.807) is 19.6 Å². The van der Waals surface area contributed by atoms with Crippen LogP contribution < -0.4 is 9.80 Å². The minimum absolute atomic E-state index is 0.433. The van der Waals surface area contributed by atoms with Crippen LogP contribution in [0.25, 0.3) is 17.0 Å². The van der Waals surface area contributed by atoms with E-state index in [-0.39, 0.29) is 0 Å². The summed E-state index contributed by atoms with van der Waals surface area (Å²) in [7, 11) is 5.67. The number of aromatic nitrogens is 5. The van der Waals surface area contributed by atoms with Crippen molar-refractivity contribution >= 4 is 22.5 Å². The summed E-state index contributed by atoms with van der Waals surface area (Å²) in [5, 5.41) is 0. The molecule has 9 heteroatoms. The number of imidazole rings is 1. The van der Waals surface area contributed by atoms with Crippen molar-refractivity contribution in [2.45, 2.75) is 6.61 Å². The summed E-state index contributed by atoms with van der Waals surface area (Å²) in [6, 6.07) is 2.01. The van der Waals surface area contributed by atoms with Crippen LogP contribution in [0.4, 0.5) is 11.5 Å². The lowest BCUT2D eigenvalue weighted by molar-refractivity contribution is 0.122. The molecule has 0 bridgehead atoms. The highest BCUT2D eigenvalue weighted by Crippen LogP contribution is 2.31. The number of nitrogens with zero attached hydrogens (tertiary/aromatic N) is 7. The van der Waals surface area contributed by atoms with E-state index in [0.29, 0.717) is 25.8 Å². The van der Waals surface area contributed by atoms with Crippen LogP contribution in [-0.4, -0.2) is 72.0 Å². The molecule has 1 aliphatic heterocycles. The molecule has 4 rings (SSSR count). The Morgan fingerprint density at radius 1 is 1.15 bits per heavy atom. The molecule has 3 aromatic rings. The Kier molecular flexibility index (Phi) is 4.87. The molecule has 4 heterocycles. The highest BCUT2D eigenvalue weighted by atomic mass is 16.5. The van der Waals surface area contributed by atoms with Gasteiger partial charge < -0.3 is 19.3 Å². The summed E-state index contributed by atoms with van der Waals surface area (Å²) in [6.45, 7) is 3.31. The molecule has 9 nitrogen and oxygen atoms in total. The summed E-state index contributed by atoms with van der Waals surface area (Å²) in [5.74, 6) is 1.39. The van der Waals surface area contributed by atoms with Gasteiger partial charge in [0.1, 0.15) is 17.4 Å². The third kappa shape index (κ3) is 3.43. The molecule has 0 aliphatic carbocycles. The summed E-state index contributed by atoms with van der Waals surface area (Å²) in [6.07, 6.45) is 5.26. The molecule has 1 aliphatic rings. The molecular weight excluding hydrogens is 346 g/mol. The number of hydrogen-bond acceptors (Lipinski definition) is 8. The van der Waals surface area contributed by atoms with Gasteiger partial charge in [0.15, 0.2) is 5.82 Å². The fraction of sp³-hybridized carbons (Fsp3) is 0.444. The van der Waals surface area contributed by atoms with Gasteiger partial charge in [0.2, 0.25) is 5.95 Å². The predicted octanol–water partition coefficient (Wildman–Crippen LogP) is 1.26. The van der Waals surface area contributed by atoms with Gasteiger partial charge in [-0.2, -0.15) is 4.98 Å². The maximum absolute atomic E-state index is 5.51. The number of anilines is 2. The molecule has 0 unspecified atom stereocenters. The lowest BCUT2D eigenvalue weighted by Gasteiger charge is -2.29. The zero-order valence-electron chi connectivity index (χ0n) is 15.8. The van der Waals surface area contributed by atoms with Crippen molar-refractivity contribution in [1.82, 2.24) is 24.5 Å². The van der Waals surface area contributed by atoms with Crippen LogP contribution in [-0.2, 0) is 16.1 Å². The van der Waals surface area contributed by atoms with Crippen LogP contribution >= 0.6 is 0 Å². The SMILES string of the molecule is COCc1cc(N(C)C)c2nc(-n3ccnc3)nc(N3CCOCC3)c2n1. The fourth-order valence-electron chi connectivity index (χ4n) is 3.17. The average molecular weight is 369 g/mol. The van der Waals surface area contributed by atoms with E-state index in [9.17, 15) is 0 Å². The first-order chi connectivity index (χ1) is 13.2. The normalized spacial score (nSPS) is 14.7. The van der Waals surface area contributed by atoms with E-state index in [1.165, 1.54) is 0 Å². The van der Waals surface area contributed by atoms with Gasteiger partial charge in [-0.05, 0) is 6.07 Å². The van der Waals surface area contributed by atoms with Crippen molar-refractivity contribution in [1.29, 1.82) is 0 Å². The Balaban J connectivity index is 1.98. The number of morpholine rings is 1. The molecule has 0 spiro atoms. The molecule has 0 atom stereocenters. The van der Waals surface area contributed by atoms with Gasteiger partial charge in [-0.3, -0.25) is 4.57 Å². The Hall–Kier alpha value is -2.78. The van der Waals surface area contributed by atoms with E-state index in [2.05, 4.69) is 9.88 Å². The lowest BCUT2D eigenvalue weighted by Crippen LogP contribution is -2.37. The first kappa shape index (κ1) is 17.6. The van der Waals surface area contributed by atoms with Gasteiger partial charge in [-0.15, -0.1) is 0 Å². The average Bonchev–Trinajstić information content (AvgIpc) is 3.22. The van der Waals surface area contributed by atoms with Crippen molar-refractivity contribution in [2.75, 3.05) is 57.3 Å². The van der Waals surface area contributed by atoms with E-state index in [0.717, 1.165) is 41.3 Å². The van der Waals surface area contributed by atoms with Crippen LogP contribution in [0, 0.1) is 0 Å². The van der Waals surface area contributed by atoms with Gasteiger partial charge in [-0.25, -0.2) is 15.0 Å². The second kappa shape index (κ2) is 7.45. The molecular formula is C18H23N7O2. The zero-order chi connectivity index (χ0) is 18.8. The number of hydrogen-bond donors (Lipinski definition) is 0. The number of fused-ring (bicyclic) bond motifs is 1. The summed E-state index contributed by atoms with van der Waals surface area (Å²) in [5.41, 5.74) is 3.41. The lowest BCUT2D eigenvalue weighted by atomic mass is 10.2. The Bertz CT molecular complexity index is 921. The maximum atomic E-state index is 5.51. The number of pyridine rings is 1. The highest BCUT2D eigenvalue weighted by Gasteiger charge is 2.22. The van der Waals surface area contributed by atoms with Crippen LogP contribution in [0.5, 0.6) is 0 Å². The molecule has 0 saturated carbocycles. The largest absolute Gasteiger partial charge is 0.378 e. The Labute approximate surface area is 157 Å². The summed E-state index contributed by atoms with van der Waals surface area (Å²) >= 11 is 0. The van der Waals surface area contributed by atoms with E-state index < -0.39 is 0 Å². The van der Waals surface area contributed by atoms with Gasteiger partial charge in [-0.1, -0.05) is 0 Å². The molecule has 3 aromatic heterocycles. The topological polar surface area (TPSA) is 81.4 Å². The molecule has 0 radical (unpaired) electrons. The Morgan fingerprint density at radius 3 is 2.63 bits per heavy atom. The first-order valence-corrected chi connectivity index (χ1v) is 8.86. The van der Waals surface area contributed by atoms with Gasteiger partial charge in [0.25, 0.3) is 0 Å². The number of ether oxygens (including phenoxy) is 2. The molecule has 1 saturated heterocycles. The van der Waals surface area contributed by atoms with Crippen LogP contribution in [0.1, 0.15) is 5.69 Å². The first-order valence-electron chi connectivity index (χ1n) is 8.86. The minimum Gasteiger partial charge on any atom is -0.378 e. The van der Waals surface area contributed by atoms with Crippen molar-refractivity contribution < 1.29 is 9.47 Å². The van der Waals surface area contributed by atoms with E-state index in [4.69, 9.17) is 24.4 Å². The van der Waals surface area contributed by atoms with Crippen LogP contribution in [0.3, 0.4) is 0 Å². The molecule has 1 fully saturated rings. The van der Waals surface area contributed by atoms with Crippen molar-refractivity contribution in [3.63, 3.8) is 0 Å². The van der Waals surface area contributed by atoms with E-state index >= 15 is 0 Å². The second-order valence-corrected chi connectivity index (χ2v) is 6.57. The van der Waals surface area contributed by atoms with Crippen molar-refractivity contribution in [3.8, 4) is 5.95 Å². The van der Waals surface area contributed by atoms with Crippen molar-refractivity contribution in [3.05, 3.63) is 30.5 Å². The van der Waals surface area contributed by atoms with Crippen molar-refractivity contribution in [2.24, 2.45) is 0 Å². The second-order valence-electron chi connectivity index (χ2n) is 6.57. The Morgan fingerprint density at radius 2 is 1.96 bits per heavy atom. The molecule has 0 aromatic carbocycles. The summed E-state index contributed by atoms with van der Waals surface area (Å²) in [4.78, 5) is 22.8. The smallest absolute Gasteiger partial charge is 0.237 e. The van der Waals surface area contributed by atoms with Crippen LogP contribution in [0.15, 0.2) is 24.8 Å². The molecule has 0 amide bonds. The number of rotatable bonds is 5. The monoisotopic (exact) mass is 369 g/mol.